The Morgan fingerprint density at radius 3 is 2.16 bits per heavy atom. The molecule has 0 bridgehead atoms. The van der Waals surface area contributed by atoms with Crippen LogP contribution in [0.2, 0.25) is 0 Å². The molecule has 0 amide bonds. The number of nitrogens with zero attached hydrogens (tertiary/aromatic N) is 1. The van der Waals surface area contributed by atoms with E-state index in [0.29, 0.717) is 0 Å². The first-order chi connectivity index (χ1) is 15.9. The standard InChI is InChI=1S/C30H20N2/c1-3-9-20(10-4-1)22-15-17-25-27(19-22)32(23-12-5-2-6-13-23)30-28-24-14-8-7-11-21(24)16-18-26(28)31-29(25)30/h1-19,31H. The van der Waals surface area contributed by atoms with Gasteiger partial charge in [0.15, 0.2) is 0 Å². The highest BCUT2D eigenvalue weighted by molar-refractivity contribution is 6.25. The van der Waals surface area contributed by atoms with Crippen molar-refractivity contribution in [2.45, 2.75) is 0 Å². The molecule has 2 aromatic heterocycles. The van der Waals surface area contributed by atoms with Gasteiger partial charge in [0.05, 0.1) is 16.6 Å². The highest BCUT2D eigenvalue weighted by atomic mass is 15.0. The molecule has 5 aromatic carbocycles. The Labute approximate surface area is 185 Å². The zero-order chi connectivity index (χ0) is 21.1. The Morgan fingerprint density at radius 1 is 0.562 bits per heavy atom. The van der Waals surface area contributed by atoms with E-state index in [1.54, 1.807) is 0 Å². The number of aromatic nitrogens is 2. The van der Waals surface area contributed by atoms with Gasteiger partial charge in [-0.25, -0.2) is 0 Å². The summed E-state index contributed by atoms with van der Waals surface area (Å²) in [6.45, 7) is 0. The minimum Gasteiger partial charge on any atom is -0.353 e. The molecule has 0 aliphatic carbocycles. The van der Waals surface area contributed by atoms with Crippen LogP contribution in [0, 0.1) is 0 Å². The fraction of sp³-hybridized carbons (Fsp3) is 0. The lowest BCUT2D eigenvalue weighted by atomic mass is 10.0. The molecular formula is C30H20N2. The number of aromatic amines is 1. The molecule has 0 unspecified atom stereocenters. The van der Waals surface area contributed by atoms with Crippen molar-refractivity contribution in [1.82, 2.24) is 9.55 Å². The lowest BCUT2D eigenvalue weighted by Crippen LogP contribution is -1.93. The molecule has 0 radical (unpaired) electrons. The van der Waals surface area contributed by atoms with E-state index in [1.807, 2.05) is 0 Å². The second-order valence-corrected chi connectivity index (χ2v) is 8.33. The lowest BCUT2D eigenvalue weighted by Gasteiger charge is -2.10. The number of hydrogen-bond acceptors (Lipinski definition) is 0. The average molecular weight is 409 g/mol. The van der Waals surface area contributed by atoms with Gasteiger partial charge in [-0.3, -0.25) is 0 Å². The van der Waals surface area contributed by atoms with Crippen molar-refractivity contribution in [2.24, 2.45) is 0 Å². The Balaban J connectivity index is 1.69. The molecule has 2 heterocycles. The molecule has 2 heteroatoms. The molecule has 0 aliphatic rings. The average Bonchev–Trinajstić information content (AvgIpc) is 3.39. The van der Waals surface area contributed by atoms with Crippen LogP contribution in [-0.2, 0) is 0 Å². The third-order valence-corrected chi connectivity index (χ3v) is 6.52. The van der Waals surface area contributed by atoms with Crippen molar-refractivity contribution in [1.29, 1.82) is 0 Å². The van der Waals surface area contributed by atoms with E-state index in [2.05, 4.69) is 125 Å². The molecule has 2 nitrogen and oxygen atoms in total. The molecule has 0 saturated carbocycles. The van der Waals surface area contributed by atoms with Crippen LogP contribution in [0.1, 0.15) is 0 Å². The predicted octanol–water partition coefficient (Wildman–Crippen LogP) is 8.09. The van der Waals surface area contributed by atoms with E-state index in [-0.39, 0.29) is 0 Å². The number of fused-ring (bicyclic) bond motifs is 7. The number of H-pyrrole nitrogens is 1. The van der Waals surface area contributed by atoms with E-state index >= 15 is 0 Å². The molecule has 7 rings (SSSR count). The monoisotopic (exact) mass is 408 g/mol. The molecule has 0 aliphatic heterocycles. The number of para-hydroxylation sites is 1. The first kappa shape index (κ1) is 17.4. The molecule has 0 atom stereocenters. The van der Waals surface area contributed by atoms with Crippen LogP contribution in [0.5, 0.6) is 0 Å². The summed E-state index contributed by atoms with van der Waals surface area (Å²) in [6.07, 6.45) is 0. The van der Waals surface area contributed by atoms with Crippen molar-refractivity contribution >= 4 is 43.6 Å². The molecule has 0 fully saturated rings. The maximum Gasteiger partial charge on any atom is 0.0804 e. The topological polar surface area (TPSA) is 20.7 Å². The highest BCUT2D eigenvalue weighted by Gasteiger charge is 2.19. The zero-order valence-corrected chi connectivity index (χ0v) is 17.4. The second kappa shape index (κ2) is 6.60. The minimum absolute atomic E-state index is 1.17. The van der Waals surface area contributed by atoms with Gasteiger partial charge >= 0.3 is 0 Å². The normalized spacial score (nSPS) is 11.8. The van der Waals surface area contributed by atoms with Crippen LogP contribution in [0.3, 0.4) is 0 Å². The molecule has 1 N–H and O–H groups in total. The zero-order valence-electron chi connectivity index (χ0n) is 17.4. The summed E-state index contributed by atoms with van der Waals surface area (Å²) in [5.41, 5.74) is 8.45. The van der Waals surface area contributed by atoms with Crippen LogP contribution in [0.25, 0.3) is 60.4 Å². The van der Waals surface area contributed by atoms with E-state index in [0.717, 1.165) is 0 Å². The summed E-state index contributed by atoms with van der Waals surface area (Å²) >= 11 is 0. The molecule has 150 valence electrons. The van der Waals surface area contributed by atoms with Crippen molar-refractivity contribution < 1.29 is 0 Å². The van der Waals surface area contributed by atoms with Crippen LogP contribution in [0.4, 0.5) is 0 Å². The van der Waals surface area contributed by atoms with Gasteiger partial charge in [0, 0.05) is 22.0 Å². The van der Waals surface area contributed by atoms with Crippen LogP contribution >= 0.6 is 0 Å². The third kappa shape index (κ3) is 2.41. The van der Waals surface area contributed by atoms with Crippen molar-refractivity contribution in [2.75, 3.05) is 0 Å². The fourth-order valence-corrected chi connectivity index (χ4v) is 5.07. The van der Waals surface area contributed by atoms with Crippen LogP contribution in [-0.4, -0.2) is 9.55 Å². The summed E-state index contributed by atoms with van der Waals surface area (Å²) in [4.78, 5) is 3.74. The smallest absolute Gasteiger partial charge is 0.0804 e. The number of nitrogens with one attached hydrogen (secondary N) is 1. The van der Waals surface area contributed by atoms with Gasteiger partial charge in [0.1, 0.15) is 0 Å². The summed E-state index contributed by atoms with van der Waals surface area (Å²) in [6, 6.07) is 41.2. The molecule has 0 saturated heterocycles. The largest absolute Gasteiger partial charge is 0.353 e. The number of benzene rings is 5. The summed E-state index contributed by atoms with van der Waals surface area (Å²) in [7, 11) is 0. The number of hydrogen-bond donors (Lipinski definition) is 1. The molecule has 7 aromatic rings. The van der Waals surface area contributed by atoms with Gasteiger partial charge in [0.2, 0.25) is 0 Å². The second-order valence-electron chi connectivity index (χ2n) is 8.33. The molecular weight excluding hydrogens is 388 g/mol. The molecule has 0 spiro atoms. The lowest BCUT2D eigenvalue weighted by molar-refractivity contribution is 1.19. The van der Waals surface area contributed by atoms with Crippen LogP contribution < -0.4 is 0 Å². The van der Waals surface area contributed by atoms with Gasteiger partial charge in [-0.2, -0.15) is 0 Å². The van der Waals surface area contributed by atoms with Gasteiger partial charge in [0.25, 0.3) is 0 Å². The third-order valence-electron chi connectivity index (χ3n) is 6.52. The van der Waals surface area contributed by atoms with E-state index in [9.17, 15) is 0 Å². The van der Waals surface area contributed by atoms with E-state index in [4.69, 9.17) is 0 Å². The minimum atomic E-state index is 1.17. The van der Waals surface area contributed by atoms with Crippen LogP contribution in [0.15, 0.2) is 115 Å². The van der Waals surface area contributed by atoms with Gasteiger partial charge in [-0.15, -0.1) is 0 Å². The Morgan fingerprint density at radius 2 is 1.31 bits per heavy atom. The predicted molar refractivity (Wildman–Crippen MR) is 136 cm³/mol. The summed E-state index contributed by atoms with van der Waals surface area (Å²) in [5, 5.41) is 5.05. The Bertz CT molecular complexity index is 1750. The summed E-state index contributed by atoms with van der Waals surface area (Å²) in [5.74, 6) is 0. The highest BCUT2D eigenvalue weighted by Crippen LogP contribution is 2.40. The van der Waals surface area contributed by atoms with Crippen molar-refractivity contribution in [3.63, 3.8) is 0 Å². The maximum absolute atomic E-state index is 3.74. The SMILES string of the molecule is c1ccc(-c2ccc3c4[nH]c5ccc6ccccc6c5c4n(-c4ccccc4)c3c2)cc1. The maximum atomic E-state index is 3.74. The quantitative estimate of drug-likeness (QED) is 0.298. The first-order valence-corrected chi connectivity index (χ1v) is 11.0. The first-order valence-electron chi connectivity index (χ1n) is 11.0. The van der Waals surface area contributed by atoms with Crippen molar-refractivity contribution in [3.05, 3.63) is 115 Å². The van der Waals surface area contributed by atoms with Gasteiger partial charge in [-0.1, -0.05) is 91.0 Å². The number of rotatable bonds is 2. The van der Waals surface area contributed by atoms with Crippen molar-refractivity contribution in [3.8, 4) is 16.8 Å². The van der Waals surface area contributed by atoms with E-state index < -0.39 is 0 Å². The summed E-state index contributed by atoms with van der Waals surface area (Å²) < 4.78 is 2.42. The van der Waals surface area contributed by atoms with Gasteiger partial charge in [-0.05, 0) is 46.2 Å². The Hall–Kier alpha value is -4.30. The molecule has 32 heavy (non-hydrogen) atoms. The fourth-order valence-electron chi connectivity index (χ4n) is 5.07. The Kier molecular flexibility index (Phi) is 3.58. The van der Waals surface area contributed by atoms with E-state index in [1.165, 1.54) is 60.4 Å². The van der Waals surface area contributed by atoms with Gasteiger partial charge < -0.3 is 9.55 Å².